The van der Waals surface area contributed by atoms with Crippen LogP contribution in [0, 0.1) is 13.8 Å². The molecule has 0 aromatic carbocycles. The Kier molecular flexibility index (Phi) is 2.78. The largest absolute Gasteiger partial charge is 0.338 e. The van der Waals surface area contributed by atoms with Gasteiger partial charge in [-0.15, -0.1) is 11.3 Å². The van der Waals surface area contributed by atoms with Crippen LogP contribution < -0.4 is 5.32 Å². The van der Waals surface area contributed by atoms with Crippen molar-refractivity contribution in [3.63, 3.8) is 0 Å². The van der Waals surface area contributed by atoms with Gasteiger partial charge in [-0.05, 0) is 19.4 Å². The highest BCUT2D eigenvalue weighted by Gasteiger charge is 2.13. The Balaban J connectivity index is 2.18. The zero-order valence-electron chi connectivity index (χ0n) is 9.44. The molecule has 0 aliphatic carbocycles. The van der Waals surface area contributed by atoms with Crippen molar-refractivity contribution >= 4 is 23.1 Å². The van der Waals surface area contributed by atoms with E-state index in [0.717, 1.165) is 11.1 Å². The van der Waals surface area contributed by atoms with Crippen molar-refractivity contribution in [2.45, 2.75) is 13.8 Å². The van der Waals surface area contributed by atoms with Gasteiger partial charge in [0.1, 0.15) is 0 Å². The van der Waals surface area contributed by atoms with Crippen LogP contribution in [-0.4, -0.2) is 15.5 Å². The van der Waals surface area contributed by atoms with E-state index in [2.05, 4.69) is 10.3 Å². The van der Waals surface area contributed by atoms with E-state index in [1.807, 2.05) is 26.3 Å². The molecule has 2 aromatic heterocycles. The summed E-state index contributed by atoms with van der Waals surface area (Å²) in [5.41, 5.74) is 1.77. The zero-order chi connectivity index (χ0) is 11.7. The molecule has 5 heteroatoms. The van der Waals surface area contributed by atoms with E-state index in [4.69, 9.17) is 0 Å². The summed E-state index contributed by atoms with van der Waals surface area (Å²) in [5.74, 6) is 0.483. The number of carbonyl (C=O) groups is 1. The Hall–Kier alpha value is -1.62. The lowest BCUT2D eigenvalue weighted by Gasteiger charge is -2.01. The molecule has 2 rings (SSSR count). The summed E-state index contributed by atoms with van der Waals surface area (Å²) in [6, 6.07) is 0. The van der Waals surface area contributed by atoms with Crippen molar-refractivity contribution in [2.24, 2.45) is 7.05 Å². The van der Waals surface area contributed by atoms with E-state index in [1.54, 1.807) is 28.4 Å². The van der Waals surface area contributed by atoms with Gasteiger partial charge < -0.3 is 9.88 Å². The van der Waals surface area contributed by atoms with E-state index in [-0.39, 0.29) is 5.91 Å². The van der Waals surface area contributed by atoms with Gasteiger partial charge in [0.15, 0.2) is 5.82 Å². The molecule has 0 fully saturated rings. The van der Waals surface area contributed by atoms with Gasteiger partial charge in [-0.2, -0.15) is 0 Å². The lowest BCUT2D eigenvalue weighted by molar-refractivity contribution is 0.102. The van der Waals surface area contributed by atoms with Gasteiger partial charge >= 0.3 is 0 Å². The first-order chi connectivity index (χ1) is 7.58. The van der Waals surface area contributed by atoms with Crippen molar-refractivity contribution in [3.8, 4) is 0 Å². The van der Waals surface area contributed by atoms with Gasteiger partial charge in [-0.25, -0.2) is 4.98 Å². The van der Waals surface area contributed by atoms with Crippen LogP contribution in [0.25, 0.3) is 0 Å². The molecule has 2 heterocycles. The van der Waals surface area contributed by atoms with Crippen molar-refractivity contribution in [1.82, 2.24) is 9.55 Å². The predicted octanol–water partition coefficient (Wildman–Crippen LogP) is 2.35. The molecule has 1 N–H and O–H groups in total. The maximum atomic E-state index is 11.9. The van der Waals surface area contributed by atoms with Gasteiger partial charge in [0, 0.05) is 23.5 Å². The average molecular weight is 235 g/mol. The summed E-state index contributed by atoms with van der Waals surface area (Å²) < 4.78 is 1.79. The van der Waals surface area contributed by atoms with Crippen LogP contribution in [0.2, 0.25) is 0 Å². The quantitative estimate of drug-likeness (QED) is 0.868. The molecule has 0 unspecified atom stereocenters. The molecule has 0 saturated carbocycles. The number of imidazole rings is 1. The third-order valence-corrected chi connectivity index (χ3v) is 3.49. The molecule has 16 heavy (non-hydrogen) atoms. The summed E-state index contributed by atoms with van der Waals surface area (Å²) in [5, 5.41) is 4.65. The Bertz CT molecular complexity index is 527. The second-order valence-corrected chi connectivity index (χ2v) is 4.79. The van der Waals surface area contributed by atoms with Gasteiger partial charge in [0.05, 0.1) is 11.9 Å². The number of rotatable bonds is 2. The monoisotopic (exact) mass is 235 g/mol. The molecule has 0 spiro atoms. The van der Waals surface area contributed by atoms with Crippen LogP contribution >= 0.6 is 11.3 Å². The molecule has 0 atom stereocenters. The second-order valence-electron chi connectivity index (χ2n) is 3.71. The Morgan fingerprint density at radius 3 is 2.75 bits per heavy atom. The van der Waals surface area contributed by atoms with Gasteiger partial charge in [-0.1, -0.05) is 0 Å². The van der Waals surface area contributed by atoms with Crippen LogP contribution in [0.5, 0.6) is 0 Å². The van der Waals surface area contributed by atoms with Crippen molar-refractivity contribution < 1.29 is 4.79 Å². The number of nitrogens with one attached hydrogen (secondary N) is 1. The SMILES string of the molecule is Cc1scc(C(=O)Nc2cn(C)cn2)c1C. The third kappa shape index (κ3) is 1.99. The Morgan fingerprint density at radius 1 is 1.50 bits per heavy atom. The molecule has 4 nitrogen and oxygen atoms in total. The Morgan fingerprint density at radius 2 is 2.25 bits per heavy atom. The number of amides is 1. The number of nitrogens with zero attached hydrogens (tertiary/aromatic N) is 2. The van der Waals surface area contributed by atoms with Crippen LogP contribution in [0.15, 0.2) is 17.9 Å². The summed E-state index contributed by atoms with van der Waals surface area (Å²) >= 11 is 1.59. The van der Waals surface area contributed by atoms with Crippen molar-refractivity contribution in [2.75, 3.05) is 5.32 Å². The topological polar surface area (TPSA) is 46.9 Å². The normalized spacial score (nSPS) is 10.4. The summed E-state index contributed by atoms with van der Waals surface area (Å²) in [7, 11) is 1.86. The summed E-state index contributed by atoms with van der Waals surface area (Å²) in [6.45, 7) is 3.97. The zero-order valence-corrected chi connectivity index (χ0v) is 10.3. The molecular weight excluding hydrogens is 222 g/mol. The predicted molar refractivity (Wildman–Crippen MR) is 65.0 cm³/mol. The minimum atomic E-state index is -0.0967. The van der Waals surface area contributed by atoms with Crippen LogP contribution in [0.3, 0.4) is 0 Å². The average Bonchev–Trinajstić information content (AvgIpc) is 2.76. The van der Waals surface area contributed by atoms with Crippen molar-refractivity contribution in [3.05, 3.63) is 33.9 Å². The molecule has 0 radical (unpaired) electrons. The van der Waals surface area contributed by atoms with E-state index in [9.17, 15) is 4.79 Å². The van der Waals surface area contributed by atoms with E-state index in [0.29, 0.717) is 5.82 Å². The number of hydrogen-bond donors (Lipinski definition) is 1. The third-order valence-electron chi connectivity index (χ3n) is 2.48. The highest BCUT2D eigenvalue weighted by atomic mass is 32.1. The van der Waals surface area contributed by atoms with Crippen LogP contribution in [-0.2, 0) is 7.05 Å². The lowest BCUT2D eigenvalue weighted by atomic mass is 10.2. The highest BCUT2D eigenvalue weighted by molar-refractivity contribution is 7.10. The van der Waals surface area contributed by atoms with E-state index >= 15 is 0 Å². The molecule has 0 bridgehead atoms. The number of aromatic nitrogens is 2. The fraction of sp³-hybridized carbons (Fsp3) is 0.273. The van der Waals surface area contributed by atoms with E-state index in [1.165, 1.54) is 4.88 Å². The molecule has 0 saturated heterocycles. The molecule has 84 valence electrons. The van der Waals surface area contributed by atoms with Gasteiger partial charge in [0.2, 0.25) is 0 Å². The number of aryl methyl sites for hydroxylation is 2. The standard InChI is InChI=1S/C11H13N3OS/c1-7-8(2)16-5-9(7)11(15)13-10-4-14(3)6-12-10/h4-6H,1-3H3,(H,13,15). The minimum Gasteiger partial charge on any atom is -0.338 e. The summed E-state index contributed by atoms with van der Waals surface area (Å²) in [6.07, 6.45) is 3.42. The molecule has 0 aliphatic heterocycles. The smallest absolute Gasteiger partial charge is 0.257 e. The number of hydrogen-bond acceptors (Lipinski definition) is 3. The lowest BCUT2D eigenvalue weighted by Crippen LogP contribution is -2.12. The van der Waals surface area contributed by atoms with Crippen LogP contribution in [0.1, 0.15) is 20.8 Å². The maximum absolute atomic E-state index is 11.9. The van der Waals surface area contributed by atoms with E-state index < -0.39 is 0 Å². The van der Waals surface area contributed by atoms with Crippen LogP contribution in [0.4, 0.5) is 5.82 Å². The fourth-order valence-corrected chi connectivity index (χ4v) is 2.26. The Labute approximate surface area is 97.9 Å². The van der Waals surface area contributed by atoms with Crippen molar-refractivity contribution in [1.29, 1.82) is 0 Å². The first-order valence-electron chi connectivity index (χ1n) is 4.92. The highest BCUT2D eigenvalue weighted by Crippen LogP contribution is 2.21. The van der Waals surface area contributed by atoms with Gasteiger partial charge in [0.25, 0.3) is 5.91 Å². The molecule has 1 amide bonds. The summed E-state index contributed by atoms with van der Waals surface area (Å²) in [4.78, 5) is 17.1. The minimum absolute atomic E-state index is 0.0967. The molecule has 2 aromatic rings. The number of anilines is 1. The second kappa shape index (κ2) is 4.09. The molecule has 0 aliphatic rings. The van der Waals surface area contributed by atoms with Gasteiger partial charge in [-0.3, -0.25) is 4.79 Å². The maximum Gasteiger partial charge on any atom is 0.257 e. The number of thiophene rings is 1. The number of carbonyl (C=O) groups excluding carboxylic acids is 1. The fourth-order valence-electron chi connectivity index (χ4n) is 1.40. The first kappa shape index (κ1) is 10.9. The first-order valence-corrected chi connectivity index (χ1v) is 5.80. The molecular formula is C11H13N3OS.